The van der Waals surface area contributed by atoms with E-state index in [1.54, 1.807) is 4.90 Å². The quantitative estimate of drug-likeness (QED) is 0.564. The number of rotatable bonds is 5. The zero-order valence-electron chi connectivity index (χ0n) is 13.0. The molecule has 0 bridgehead atoms. The Bertz CT molecular complexity index is 317. The van der Waals surface area contributed by atoms with Crippen molar-refractivity contribution < 1.29 is 19.0 Å². The van der Waals surface area contributed by atoms with Gasteiger partial charge in [0.05, 0.1) is 36.8 Å². The maximum absolute atomic E-state index is 12.0. The average molecular weight is 352 g/mol. The van der Waals surface area contributed by atoms with E-state index in [2.05, 4.69) is 15.9 Å². The van der Waals surface area contributed by atoms with Crippen LogP contribution >= 0.6 is 15.9 Å². The highest BCUT2D eigenvalue weighted by Gasteiger charge is 2.36. The molecule has 0 radical (unpaired) electrons. The van der Waals surface area contributed by atoms with Crippen LogP contribution in [0.5, 0.6) is 0 Å². The fourth-order valence-electron chi connectivity index (χ4n) is 1.85. The van der Waals surface area contributed by atoms with Crippen molar-refractivity contribution in [2.45, 2.75) is 57.3 Å². The molecule has 118 valence electrons. The summed E-state index contributed by atoms with van der Waals surface area (Å²) >= 11 is 3.56. The van der Waals surface area contributed by atoms with Crippen LogP contribution in [0.2, 0.25) is 0 Å². The fraction of sp³-hybridized carbons (Fsp3) is 0.929. The molecule has 0 spiro atoms. The second kappa shape index (κ2) is 7.61. The van der Waals surface area contributed by atoms with Crippen LogP contribution < -0.4 is 0 Å². The summed E-state index contributed by atoms with van der Waals surface area (Å²) < 4.78 is 16.5. The number of nitrogens with zero attached hydrogens (tertiary/aromatic N) is 1. The number of carbonyl (C=O) groups excluding carboxylic acids is 1. The largest absolute Gasteiger partial charge is 0.444 e. The van der Waals surface area contributed by atoms with E-state index in [0.717, 1.165) is 0 Å². The summed E-state index contributed by atoms with van der Waals surface area (Å²) in [5, 5.41) is 0. The molecule has 0 N–H and O–H groups in total. The molecule has 0 aromatic heterocycles. The number of ether oxygens (including phenoxy) is 3. The SMILES string of the molecule is CC(C)OCCOC1CN(C(=O)OC(C)(C)C)CC1Br. The number of hydrogen-bond donors (Lipinski definition) is 0. The molecule has 0 aromatic rings. The Morgan fingerprint density at radius 1 is 1.30 bits per heavy atom. The molecule has 0 saturated carbocycles. The van der Waals surface area contributed by atoms with Gasteiger partial charge in [-0.05, 0) is 34.6 Å². The number of alkyl halides is 1. The van der Waals surface area contributed by atoms with Crippen LogP contribution in [0.25, 0.3) is 0 Å². The summed E-state index contributed by atoms with van der Waals surface area (Å²) in [6, 6.07) is 0. The monoisotopic (exact) mass is 351 g/mol. The third-order valence-corrected chi connectivity index (χ3v) is 3.60. The van der Waals surface area contributed by atoms with Gasteiger partial charge in [-0.25, -0.2) is 4.79 Å². The van der Waals surface area contributed by atoms with Crippen molar-refractivity contribution in [1.29, 1.82) is 0 Å². The molecule has 20 heavy (non-hydrogen) atoms. The average Bonchev–Trinajstić information content (AvgIpc) is 2.64. The van der Waals surface area contributed by atoms with Crippen LogP contribution in [0, 0.1) is 0 Å². The minimum atomic E-state index is -0.469. The van der Waals surface area contributed by atoms with Gasteiger partial charge in [-0.3, -0.25) is 0 Å². The highest BCUT2D eigenvalue weighted by atomic mass is 79.9. The van der Waals surface area contributed by atoms with E-state index < -0.39 is 5.60 Å². The maximum Gasteiger partial charge on any atom is 0.410 e. The molecule has 2 atom stereocenters. The van der Waals surface area contributed by atoms with Crippen molar-refractivity contribution in [3.05, 3.63) is 0 Å². The Kier molecular flexibility index (Phi) is 6.75. The summed E-state index contributed by atoms with van der Waals surface area (Å²) in [7, 11) is 0. The van der Waals surface area contributed by atoms with E-state index in [4.69, 9.17) is 14.2 Å². The second-order valence-electron chi connectivity index (χ2n) is 6.23. The molecule has 1 fully saturated rings. The predicted molar refractivity (Wildman–Crippen MR) is 81.4 cm³/mol. The maximum atomic E-state index is 12.0. The van der Waals surface area contributed by atoms with Crippen molar-refractivity contribution >= 4 is 22.0 Å². The zero-order chi connectivity index (χ0) is 15.3. The summed E-state index contributed by atoms with van der Waals surface area (Å²) in [5.41, 5.74) is -0.469. The van der Waals surface area contributed by atoms with Gasteiger partial charge >= 0.3 is 6.09 Å². The minimum absolute atomic E-state index is 0.0155. The smallest absolute Gasteiger partial charge is 0.410 e. The number of likely N-dealkylation sites (tertiary alicyclic amines) is 1. The first-order valence-corrected chi connectivity index (χ1v) is 7.96. The Hall–Kier alpha value is -0.330. The minimum Gasteiger partial charge on any atom is -0.444 e. The van der Waals surface area contributed by atoms with Gasteiger partial charge in [-0.1, -0.05) is 15.9 Å². The zero-order valence-corrected chi connectivity index (χ0v) is 14.6. The predicted octanol–water partition coefficient (Wildman–Crippen LogP) is 2.81. The van der Waals surface area contributed by atoms with Gasteiger partial charge < -0.3 is 19.1 Å². The van der Waals surface area contributed by atoms with Crippen LogP contribution in [-0.2, 0) is 14.2 Å². The molecular formula is C14H26BrNO4. The van der Waals surface area contributed by atoms with E-state index in [9.17, 15) is 4.79 Å². The second-order valence-corrected chi connectivity index (χ2v) is 7.41. The van der Waals surface area contributed by atoms with Crippen LogP contribution in [0.4, 0.5) is 4.79 Å². The molecular weight excluding hydrogens is 326 g/mol. The van der Waals surface area contributed by atoms with Gasteiger partial charge in [0.1, 0.15) is 5.60 Å². The Balaban J connectivity index is 2.33. The first-order chi connectivity index (χ1) is 9.19. The summed E-state index contributed by atoms with van der Waals surface area (Å²) in [6.45, 7) is 11.8. The van der Waals surface area contributed by atoms with Crippen molar-refractivity contribution in [3.63, 3.8) is 0 Å². The lowest BCUT2D eigenvalue weighted by molar-refractivity contribution is -0.0100. The van der Waals surface area contributed by atoms with E-state index >= 15 is 0 Å². The molecule has 6 heteroatoms. The van der Waals surface area contributed by atoms with Crippen molar-refractivity contribution in [2.75, 3.05) is 26.3 Å². The fourth-order valence-corrected chi connectivity index (χ4v) is 2.52. The van der Waals surface area contributed by atoms with Crippen LogP contribution in [0.3, 0.4) is 0 Å². The molecule has 1 aliphatic heterocycles. The van der Waals surface area contributed by atoms with Gasteiger partial charge in [0.2, 0.25) is 0 Å². The third kappa shape index (κ3) is 6.41. The summed E-state index contributed by atoms with van der Waals surface area (Å²) in [4.78, 5) is 13.8. The van der Waals surface area contributed by atoms with Crippen molar-refractivity contribution in [3.8, 4) is 0 Å². The lowest BCUT2D eigenvalue weighted by Gasteiger charge is -2.24. The van der Waals surface area contributed by atoms with Gasteiger partial charge in [0.15, 0.2) is 0 Å². The first kappa shape index (κ1) is 17.7. The lowest BCUT2D eigenvalue weighted by atomic mass is 10.2. The standard InChI is InChI=1S/C14H26BrNO4/c1-10(2)18-6-7-19-12-9-16(8-11(12)15)13(17)20-14(3,4)5/h10-12H,6-9H2,1-5H3. The van der Waals surface area contributed by atoms with Gasteiger partial charge in [0, 0.05) is 6.54 Å². The molecule has 1 rings (SSSR count). The summed E-state index contributed by atoms with van der Waals surface area (Å²) in [6.07, 6.45) is -0.0926. The van der Waals surface area contributed by atoms with Crippen LogP contribution in [-0.4, -0.2) is 59.9 Å². The molecule has 1 heterocycles. The highest BCUT2D eigenvalue weighted by Crippen LogP contribution is 2.22. The van der Waals surface area contributed by atoms with Gasteiger partial charge in [-0.2, -0.15) is 0 Å². The molecule has 5 nitrogen and oxygen atoms in total. The van der Waals surface area contributed by atoms with E-state index in [-0.39, 0.29) is 23.1 Å². The van der Waals surface area contributed by atoms with Crippen molar-refractivity contribution in [1.82, 2.24) is 4.90 Å². The Labute approximate surface area is 130 Å². The van der Waals surface area contributed by atoms with E-state index in [1.165, 1.54) is 0 Å². The molecule has 1 aliphatic rings. The van der Waals surface area contributed by atoms with Crippen LogP contribution in [0.1, 0.15) is 34.6 Å². The third-order valence-electron chi connectivity index (χ3n) is 2.72. The first-order valence-electron chi connectivity index (χ1n) is 7.04. The van der Waals surface area contributed by atoms with E-state index in [0.29, 0.717) is 26.3 Å². The Morgan fingerprint density at radius 2 is 1.95 bits per heavy atom. The van der Waals surface area contributed by atoms with Gasteiger partial charge in [0.25, 0.3) is 0 Å². The lowest BCUT2D eigenvalue weighted by Crippen LogP contribution is -2.36. The Morgan fingerprint density at radius 3 is 2.50 bits per heavy atom. The van der Waals surface area contributed by atoms with Crippen molar-refractivity contribution in [2.24, 2.45) is 0 Å². The van der Waals surface area contributed by atoms with Gasteiger partial charge in [-0.15, -0.1) is 0 Å². The molecule has 2 unspecified atom stereocenters. The van der Waals surface area contributed by atoms with Crippen LogP contribution in [0.15, 0.2) is 0 Å². The molecule has 1 saturated heterocycles. The van der Waals surface area contributed by atoms with E-state index in [1.807, 2.05) is 34.6 Å². The molecule has 0 aromatic carbocycles. The molecule has 0 aliphatic carbocycles. The summed E-state index contributed by atoms with van der Waals surface area (Å²) in [5.74, 6) is 0. The molecule has 1 amide bonds. The number of carbonyl (C=O) groups is 1. The normalized spacial score (nSPS) is 23.4. The highest BCUT2D eigenvalue weighted by molar-refractivity contribution is 9.09. The number of amides is 1. The number of halogens is 1. The number of hydrogen-bond acceptors (Lipinski definition) is 4. The topological polar surface area (TPSA) is 48.0 Å².